The second-order valence-corrected chi connectivity index (χ2v) is 4.43. The van der Waals surface area contributed by atoms with E-state index in [2.05, 4.69) is 17.0 Å². The highest BCUT2D eigenvalue weighted by molar-refractivity contribution is 5.56. The minimum atomic E-state index is -4.27. The number of nitrogens with one attached hydrogen (secondary N) is 1. The summed E-state index contributed by atoms with van der Waals surface area (Å²) in [5.41, 5.74) is -0.639. The molecule has 100 valence electrons. The van der Waals surface area contributed by atoms with Crippen molar-refractivity contribution in [3.05, 3.63) is 23.8 Å². The maximum absolute atomic E-state index is 12.0. The van der Waals surface area contributed by atoms with E-state index < -0.39 is 11.7 Å². The average molecular weight is 259 g/mol. The molecule has 2 bridgehead atoms. The van der Waals surface area contributed by atoms with Gasteiger partial charge in [0, 0.05) is 6.04 Å². The van der Waals surface area contributed by atoms with Gasteiger partial charge in [-0.25, -0.2) is 0 Å². The normalized spacial score (nSPS) is 20.6. The first-order valence-electron chi connectivity index (χ1n) is 6.14. The van der Waals surface area contributed by atoms with E-state index in [1.165, 1.54) is 44.0 Å². The molecule has 1 aromatic rings. The van der Waals surface area contributed by atoms with E-state index in [0.717, 1.165) is 6.04 Å². The van der Waals surface area contributed by atoms with Crippen LogP contribution in [0.15, 0.2) is 18.2 Å². The van der Waals surface area contributed by atoms with Crippen LogP contribution < -0.4 is 10.1 Å². The van der Waals surface area contributed by atoms with E-state index in [9.17, 15) is 13.2 Å². The van der Waals surface area contributed by atoms with Gasteiger partial charge in [0.15, 0.2) is 0 Å². The summed E-state index contributed by atoms with van der Waals surface area (Å²) in [6, 6.07) is 4.98. The van der Waals surface area contributed by atoms with Gasteiger partial charge in [0.2, 0.25) is 0 Å². The molecule has 1 aromatic carbocycles. The monoisotopic (exact) mass is 259 g/mol. The largest absolute Gasteiger partial charge is 0.456 e. The number of ether oxygens (including phenoxy) is 1. The van der Waals surface area contributed by atoms with E-state index in [1.54, 1.807) is 0 Å². The molecule has 0 saturated carbocycles. The quantitative estimate of drug-likeness (QED) is 0.837. The van der Waals surface area contributed by atoms with Crippen molar-refractivity contribution in [1.29, 1.82) is 0 Å². The van der Waals surface area contributed by atoms with Crippen molar-refractivity contribution in [2.75, 3.05) is 6.54 Å². The fourth-order valence-electron chi connectivity index (χ4n) is 2.14. The van der Waals surface area contributed by atoms with Crippen LogP contribution in [0.3, 0.4) is 0 Å². The maximum Gasteiger partial charge on any atom is 0.423 e. The third kappa shape index (κ3) is 2.77. The van der Waals surface area contributed by atoms with Crippen LogP contribution in [0.4, 0.5) is 13.2 Å². The Morgan fingerprint density at radius 1 is 1.33 bits per heavy atom. The summed E-state index contributed by atoms with van der Waals surface area (Å²) in [5, 5.41) is 3.41. The third-order valence-electron chi connectivity index (χ3n) is 3.15. The van der Waals surface area contributed by atoms with Gasteiger partial charge in [0.1, 0.15) is 17.1 Å². The summed E-state index contributed by atoms with van der Waals surface area (Å²) >= 11 is 0. The van der Waals surface area contributed by atoms with Gasteiger partial charge in [0.25, 0.3) is 0 Å². The van der Waals surface area contributed by atoms with Crippen molar-refractivity contribution in [2.24, 2.45) is 0 Å². The molecule has 18 heavy (non-hydrogen) atoms. The molecular formula is C13H16F3NO. The molecule has 1 unspecified atom stereocenters. The molecule has 3 heterocycles. The molecule has 2 nitrogen and oxygen atoms in total. The summed E-state index contributed by atoms with van der Waals surface area (Å²) in [6.45, 7) is 3.49. The molecule has 1 fully saturated rings. The zero-order valence-electron chi connectivity index (χ0n) is 10.2. The molecule has 3 aliphatic rings. The van der Waals surface area contributed by atoms with Crippen LogP contribution in [0.2, 0.25) is 0 Å². The minimum Gasteiger partial charge on any atom is -0.456 e. The lowest BCUT2D eigenvalue weighted by molar-refractivity contribution is -0.143. The van der Waals surface area contributed by atoms with Crippen molar-refractivity contribution >= 4 is 0 Å². The SMILES string of the molecule is CCC1CCCN1.FC(F)(F)c1c2cccc1O2. The molecule has 0 aliphatic carbocycles. The second kappa shape index (κ2) is 5.18. The molecule has 4 rings (SSSR count). The fraction of sp³-hybridized carbons (Fsp3) is 0.538. The van der Waals surface area contributed by atoms with Crippen LogP contribution in [0, 0.1) is 0 Å². The highest BCUT2D eigenvalue weighted by Gasteiger charge is 2.43. The van der Waals surface area contributed by atoms with Gasteiger partial charge in [-0.3, -0.25) is 0 Å². The molecular weight excluding hydrogens is 243 g/mol. The lowest BCUT2D eigenvalue weighted by Crippen LogP contribution is -2.19. The van der Waals surface area contributed by atoms with Gasteiger partial charge in [0.05, 0.1) is 0 Å². The van der Waals surface area contributed by atoms with Gasteiger partial charge in [-0.15, -0.1) is 0 Å². The Morgan fingerprint density at radius 2 is 2.00 bits per heavy atom. The molecule has 0 spiro atoms. The lowest BCUT2D eigenvalue weighted by atomic mass is 10.1. The molecule has 0 radical (unpaired) electrons. The van der Waals surface area contributed by atoms with E-state index >= 15 is 0 Å². The first-order valence-corrected chi connectivity index (χ1v) is 6.14. The zero-order chi connectivity index (χ0) is 13.2. The Labute approximate surface area is 104 Å². The Morgan fingerprint density at radius 3 is 2.28 bits per heavy atom. The molecule has 1 saturated heterocycles. The number of hydrogen-bond acceptors (Lipinski definition) is 2. The van der Waals surface area contributed by atoms with Crippen LogP contribution in [-0.2, 0) is 6.18 Å². The van der Waals surface area contributed by atoms with Gasteiger partial charge < -0.3 is 10.1 Å². The minimum absolute atomic E-state index is 0.0741. The third-order valence-corrected chi connectivity index (χ3v) is 3.15. The first kappa shape index (κ1) is 13.2. The Kier molecular flexibility index (Phi) is 3.80. The second-order valence-electron chi connectivity index (χ2n) is 4.43. The van der Waals surface area contributed by atoms with Gasteiger partial charge in [-0.2, -0.15) is 13.2 Å². The lowest BCUT2D eigenvalue weighted by Gasteiger charge is -2.24. The van der Waals surface area contributed by atoms with Crippen LogP contribution in [-0.4, -0.2) is 12.6 Å². The van der Waals surface area contributed by atoms with Gasteiger partial charge >= 0.3 is 6.18 Å². The molecule has 5 heteroatoms. The first-order chi connectivity index (χ1) is 8.52. The van der Waals surface area contributed by atoms with Crippen LogP contribution in [0.5, 0.6) is 11.5 Å². The number of fused-ring (bicyclic) bond motifs is 2. The molecule has 3 aliphatic heterocycles. The molecule has 0 amide bonds. The van der Waals surface area contributed by atoms with Crippen LogP contribution >= 0.6 is 0 Å². The maximum atomic E-state index is 12.0. The van der Waals surface area contributed by atoms with E-state index in [1.807, 2.05) is 0 Å². The number of benzene rings is 1. The summed E-state index contributed by atoms with van der Waals surface area (Å²) in [6.07, 6.45) is -0.181. The van der Waals surface area contributed by atoms with Gasteiger partial charge in [-0.1, -0.05) is 13.0 Å². The Bertz CT molecular complexity index is 391. The van der Waals surface area contributed by atoms with Crippen LogP contribution in [0.1, 0.15) is 31.7 Å². The van der Waals surface area contributed by atoms with Gasteiger partial charge in [-0.05, 0) is 37.9 Å². The highest BCUT2D eigenvalue weighted by Crippen LogP contribution is 2.50. The van der Waals surface area contributed by atoms with Crippen molar-refractivity contribution in [1.82, 2.24) is 5.32 Å². The number of alkyl halides is 3. The highest BCUT2D eigenvalue weighted by atomic mass is 19.4. The van der Waals surface area contributed by atoms with E-state index in [-0.39, 0.29) is 11.5 Å². The van der Waals surface area contributed by atoms with E-state index in [0.29, 0.717) is 0 Å². The van der Waals surface area contributed by atoms with Crippen molar-refractivity contribution in [3.63, 3.8) is 0 Å². The van der Waals surface area contributed by atoms with Crippen molar-refractivity contribution in [2.45, 2.75) is 38.4 Å². The molecule has 1 N–H and O–H groups in total. The zero-order valence-corrected chi connectivity index (χ0v) is 10.2. The number of hydrogen-bond donors (Lipinski definition) is 1. The predicted octanol–water partition coefficient (Wildman–Crippen LogP) is 3.96. The molecule has 0 aromatic heterocycles. The number of rotatable bonds is 1. The number of halogens is 3. The summed E-state index contributed by atoms with van der Waals surface area (Å²) in [5.74, 6) is -0.148. The Balaban J connectivity index is 0.000000149. The van der Waals surface area contributed by atoms with Crippen LogP contribution in [0.25, 0.3) is 0 Å². The smallest absolute Gasteiger partial charge is 0.423 e. The standard InChI is InChI=1S/C7H3F3O.C6H13N/c8-7(9,10)6-4-2-1-3-5(6)11-4;1-2-6-4-3-5-7-6/h1-3H;6-7H,2-5H2,1H3. The topological polar surface area (TPSA) is 21.3 Å². The van der Waals surface area contributed by atoms with E-state index in [4.69, 9.17) is 0 Å². The molecule has 1 atom stereocenters. The summed E-state index contributed by atoms with van der Waals surface area (Å²) < 4.78 is 40.7. The Hall–Kier alpha value is -1.23. The fourth-order valence-corrected chi connectivity index (χ4v) is 2.14. The summed E-state index contributed by atoms with van der Waals surface area (Å²) in [4.78, 5) is 0. The predicted molar refractivity (Wildman–Crippen MR) is 62.8 cm³/mol. The summed E-state index contributed by atoms with van der Waals surface area (Å²) in [7, 11) is 0. The average Bonchev–Trinajstić information content (AvgIpc) is 2.81. The van der Waals surface area contributed by atoms with Crippen molar-refractivity contribution < 1.29 is 17.9 Å². The van der Waals surface area contributed by atoms with Crippen molar-refractivity contribution in [3.8, 4) is 11.5 Å².